The van der Waals surface area contributed by atoms with Gasteiger partial charge in [-0.1, -0.05) is 0 Å². The van der Waals surface area contributed by atoms with Crippen molar-refractivity contribution in [3.8, 4) is 5.75 Å². The third-order valence-corrected chi connectivity index (χ3v) is 3.66. The summed E-state index contributed by atoms with van der Waals surface area (Å²) in [5, 5.41) is 3.29. The number of nitrogens with one attached hydrogen (secondary N) is 1. The zero-order chi connectivity index (χ0) is 13.1. The minimum Gasteiger partial charge on any atom is -0.496 e. The Morgan fingerprint density at radius 1 is 1.22 bits per heavy atom. The fraction of sp³-hybridized carbons (Fsp3) is 0.533. The lowest BCUT2D eigenvalue weighted by molar-refractivity contribution is 0.0895. The van der Waals surface area contributed by atoms with Crippen molar-refractivity contribution in [2.45, 2.75) is 26.7 Å². The highest BCUT2D eigenvalue weighted by atomic mass is 16.5. The molecule has 0 atom stereocenters. The van der Waals surface area contributed by atoms with E-state index < -0.39 is 0 Å². The van der Waals surface area contributed by atoms with Crippen molar-refractivity contribution in [2.75, 3.05) is 20.2 Å². The highest BCUT2D eigenvalue weighted by Gasteiger charge is 2.23. The van der Waals surface area contributed by atoms with Crippen LogP contribution in [0.25, 0.3) is 0 Å². The number of hydrogen-bond acceptors (Lipinski definition) is 3. The van der Waals surface area contributed by atoms with Crippen LogP contribution in [0.15, 0.2) is 12.1 Å². The Morgan fingerprint density at radius 2 is 1.78 bits per heavy atom. The van der Waals surface area contributed by atoms with E-state index in [4.69, 9.17) is 4.74 Å². The van der Waals surface area contributed by atoms with E-state index in [0.717, 1.165) is 48.4 Å². The third kappa shape index (κ3) is 2.56. The monoisotopic (exact) mass is 247 g/mol. The lowest BCUT2D eigenvalue weighted by Gasteiger charge is -2.22. The van der Waals surface area contributed by atoms with E-state index in [1.165, 1.54) is 0 Å². The second-order valence-electron chi connectivity index (χ2n) is 5.03. The number of piperidine rings is 1. The Hall–Kier alpha value is -1.35. The van der Waals surface area contributed by atoms with Crippen molar-refractivity contribution in [1.82, 2.24) is 5.32 Å². The second-order valence-corrected chi connectivity index (χ2v) is 5.03. The summed E-state index contributed by atoms with van der Waals surface area (Å²) in [5.74, 6) is 1.35. The Labute approximate surface area is 109 Å². The summed E-state index contributed by atoms with van der Waals surface area (Å²) in [5.41, 5.74) is 2.90. The van der Waals surface area contributed by atoms with Gasteiger partial charge in [-0.05, 0) is 63.0 Å². The molecule has 0 unspecified atom stereocenters. The lowest BCUT2D eigenvalue weighted by Crippen LogP contribution is -2.31. The zero-order valence-electron chi connectivity index (χ0n) is 11.4. The Morgan fingerprint density at radius 3 is 2.28 bits per heavy atom. The summed E-state index contributed by atoms with van der Waals surface area (Å²) in [7, 11) is 1.67. The molecule has 1 aliphatic heterocycles. The molecule has 1 heterocycles. The van der Waals surface area contributed by atoms with Crippen LogP contribution in [0.4, 0.5) is 0 Å². The number of rotatable bonds is 3. The van der Waals surface area contributed by atoms with E-state index in [9.17, 15) is 4.79 Å². The van der Waals surface area contributed by atoms with Crippen LogP contribution in [0.5, 0.6) is 5.75 Å². The van der Waals surface area contributed by atoms with Gasteiger partial charge in [0.2, 0.25) is 0 Å². The number of ketones is 1. The number of carbonyl (C=O) groups is 1. The predicted molar refractivity (Wildman–Crippen MR) is 72.4 cm³/mol. The fourth-order valence-electron chi connectivity index (χ4n) is 2.73. The Balaban J connectivity index is 2.25. The summed E-state index contributed by atoms with van der Waals surface area (Å²) in [6, 6.07) is 3.91. The molecule has 0 saturated carbocycles. The average molecular weight is 247 g/mol. The molecule has 3 nitrogen and oxygen atoms in total. The minimum atomic E-state index is 0.179. The van der Waals surface area contributed by atoms with Gasteiger partial charge in [0, 0.05) is 11.5 Å². The average Bonchev–Trinajstić information content (AvgIpc) is 2.38. The molecule has 18 heavy (non-hydrogen) atoms. The molecule has 0 spiro atoms. The molecule has 1 N–H and O–H groups in total. The van der Waals surface area contributed by atoms with Crippen LogP contribution >= 0.6 is 0 Å². The van der Waals surface area contributed by atoms with Gasteiger partial charge >= 0.3 is 0 Å². The van der Waals surface area contributed by atoms with Gasteiger partial charge in [0.1, 0.15) is 5.75 Å². The number of methoxy groups -OCH3 is 1. The topological polar surface area (TPSA) is 38.3 Å². The van der Waals surface area contributed by atoms with Crippen LogP contribution in [0.1, 0.15) is 34.3 Å². The van der Waals surface area contributed by atoms with Crippen molar-refractivity contribution in [1.29, 1.82) is 0 Å². The normalized spacial score (nSPS) is 16.6. The lowest BCUT2D eigenvalue weighted by atomic mass is 9.88. The first kappa shape index (κ1) is 13.1. The molecule has 3 heteroatoms. The van der Waals surface area contributed by atoms with Crippen LogP contribution in [-0.4, -0.2) is 26.0 Å². The van der Waals surface area contributed by atoms with Crippen molar-refractivity contribution in [3.05, 3.63) is 28.8 Å². The van der Waals surface area contributed by atoms with Gasteiger partial charge in [-0.3, -0.25) is 4.79 Å². The summed E-state index contributed by atoms with van der Waals surface area (Å²) in [4.78, 5) is 12.4. The highest BCUT2D eigenvalue weighted by molar-refractivity contribution is 5.98. The van der Waals surface area contributed by atoms with E-state index >= 15 is 0 Å². The molecular weight excluding hydrogens is 226 g/mol. The maximum Gasteiger partial charge on any atom is 0.166 e. The number of aryl methyl sites for hydroxylation is 2. The van der Waals surface area contributed by atoms with E-state index in [1.54, 1.807) is 7.11 Å². The van der Waals surface area contributed by atoms with Crippen LogP contribution in [0, 0.1) is 19.8 Å². The van der Waals surface area contributed by atoms with Crippen LogP contribution in [0.2, 0.25) is 0 Å². The number of ether oxygens (including phenoxy) is 1. The van der Waals surface area contributed by atoms with Gasteiger partial charge in [0.05, 0.1) is 7.11 Å². The van der Waals surface area contributed by atoms with Gasteiger partial charge in [-0.25, -0.2) is 0 Å². The number of hydrogen-bond donors (Lipinski definition) is 1. The molecule has 0 aliphatic carbocycles. The van der Waals surface area contributed by atoms with E-state index in [0.29, 0.717) is 0 Å². The first-order valence-electron chi connectivity index (χ1n) is 6.53. The molecule has 1 saturated heterocycles. The highest BCUT2D eigenvalue weighted by Crippen LogP contribution is 2.27. The van der Waals surface area contributed by atoms with Crippen LogP contribution in [0.3, 0.4) is 0 Å². The van der Waals surface area contributed by atoms with Crippen LogP contribution in [-0.2, 0) is 0 Å². The zero-order valence-corrected chi connectivity index (χ0v) is 11.4. The molecule has 0 bridgehead atoms. The van der Waals surface area contributed by atoms with Gasteiger partial charge in [-0.15, -0.1) is 0 Å². The SMILES string of the molecule is COc1c(C)cc(C(=O)C2CCNCC2)cc1C. The molecule has 0 amide bonds. The summed E-state index contributed by atoms with van der Waals surface area (Å²) in [6.45, 7) is 5.88. The van der Waals surface area contributed by atoms with Gasteiger partial charge in [0.25, 0.3) is 0 Å². The number of Topliss-reactive ketones (excluding diaryl/α,β-unsaturated/α-hetero) is 1. The largest absolute Gasteiger partial charge is 0.496 e. The Bertz CT molecular complexity index is 425. The fourth-order valence-corrected chi connectivity index (χ4v) is 2.73. The summed E-state index contributed by atoms with van der Waals surface area (Å²) < 4.78 is 5.33. The van der Waals surface area contributed by atoms with Crippen molar-refractivity contribution in [3.63, 3.8) is 0 Å². The van der Waals surface area contributed by atoms with Gasteiger partial charge in [0.15, 0.2) is 5.78 Å². The van der Waals surface area contributed by atoms with Gasteiger partial charge in [-0.2, -0.15) is 0 Å². The standard InChI is InChI=1S/C15H21NO2/c1-10-8-13(9-11(2)15(10)18-3)14(17)12-4-6-16-7-5-12/h8-9,12,16H,4-7H2,1-3H3. The molecule has 2 rings (SSSR count). The first-order valence-corrected chi connectivity index (χ1v) is 6.53. The molecule has 0 aromatic heterocycles. The number of benzene rings is 1. The Kier molecular flexibility index (Phi) is 4.02. The maximum atomic E-state index is 12.4. The molecule has 1 aromatic carbocycles. The van der Waals surface area contributed by atoms with E-state index in [2.05, 4.69) is 5.32 Å². The molecule has 1 fully saturated rings. The van der Waals surface area contributed by atoms with Crippen molar-refractivity contribution >= 4 is 5.78 Å². The molecule has 98 valence electrons. The molecule has 0 radical (unpaired) electrons. The third-order valence-electron chi connectivity index (χ3n) is 3.66. The van der Waals surface area contributed by atoms with Gasteiger partial charge < -0.3 is 10.1 Å². The molecular formula is C15H21NO2. The van der Waals surface area contributed by atoms with E-state index in [-0.39, 0.29) is 11.7 Å². The van der Waals surface area contributed by atoms with Crippen molar-refractivity contribution < 1.29 is 9.53 Å². The number of carbonyl (C=O) groups excluding carboxylic acids is 1. The quantitative estimate of drug-likeness (QED) is 0.834. The first-order chi connectivity index (χ1) is 8.63. The predicted octanol–water partition coefficient (Wildman–Crippen LogP) is 2.49. The smallest absolute Gasteiger partial charge is 0.166 e. The van der Waals surface area contributed by atoms with E-state index in [1.807, 2.05) is 26.0 Å². The molecule has 1 aromatic rings. The van der Waals surface area contributed by atoms with Crippen LogP contribution < -0.4 is 10.1 Å². The second kappa shape index (κ2) is 5.53. The molecule has 1 aliphatic rings. The summed E-state index contributed by atoms with van der Waals surface area (Å²) >= 11 is 0. The maximum absolute atomic E-state index is 12.4. The van der Waals surface area contributed by atoms with Crippen molar-refractivity contribution in [2.24, 2.45) is 5.92 Å². The minimum absolute atomic E-state index is 0.179. The summed E-state index contributed by atoms with van der Waals surface area (Å²) in [6.07, 6.45) is 1.89.